The van der Waals surface area contributed by atoms with E-state index in [-0.39, 0.29) is 29.5 Å². The number of nitrogens with one attached hydrogen (secondary N) is 1. The molecule has 146 valence electrons. The highest BCUT2D eigenvalue weighted by Crippen LogP contribution is 2.34. The van der Waals surface area contributed by atoms with Gasteiger partial charge in [0.1, 0.15) is 11.6 Å². The molecule has 0 saturated carbocycles. The van der Waals surface area contributed by atoms with Gasteiger partial charge in [-0.3, -0.25) is 15.0 Å². The van der Waals surface area contributed by atoms with Crippen molar-refractivity contribution < 1.29 is 24.0 Å². The van der Waals surface area contributed by atoms with Gasteiger partial charge in [-0.15, -0.1) is 0 Å². The van der Waals surface area contributed by atoms with Gasteiger partial charge in [0.25, 0.3) is 5.69 Å². The summed E-state index contributed by atoms with van der Waals surface area (Å²) in [7, 11) is 1.48. The van der Waals surface area contributed by atoms with Crippen LogP contribution in [0.25, 0.3) is 0 Å². The molecule has 27 heavy (non-hydrogen) atoms. The van der Waals surface area contributed by atoms with Crippen LogP contribution >= 0.6 is 11.6 Å². The standard InChI is InChI=1S/C17H20ClN3O6/c1-4-20-10(2)14(16(22)27-8-7-26-3)15(19-17(20)23)11-5-6-12(18)13(9-11)21(24)25/h5-6,9,15H,4,7-8H2,1-3H3,(H,19,23). The third kappa shape index (κ3) is 4.37. The first kappa shape index (κ1) is 20.7. The maximum Gasteiger partial charge on any atom is 0.338 e. The topological polar surface area (TPSA) is 111 Å². The Bertz CT molecular complexity index is 795. The Labute approximate surface area is 161 Å². The lowest BCUT2D eigenvalue weighted by Gasteiger charge is -2.34. The summed E-state index contributed by atoms with van der Waals surface area (Å²) in [4.78, 5) is 37.0. The first-order valence-corrected chi connectivity index (χ1v) is 8.58. The van der Waals surface area contributed by atoms with Gasteiger partial charge in [0.15, 0.2) is 0 Å². The molecule has 0 radical (unpaired) electrons. The van der Waals surface area contributed by atoms with Crippen LogP contribution in [0.4, 0.5) is 10.5 Å². The maximum atomic E-state index is 12.6. The normalized spacial score (nSPS) is 17.0. The van der Waals surface area contributed by atoms with E-state index >= 15 is 0 Å². The average molecular weight is 398 g/mol. The number of nitrogens with zero attached hydrogens (tertiary/aromatic N) is 2. The van der Waals surface area contributed by atoms with Crippen molar-refractivity contribution in [2.45, 2.75) is 19.9 Å². The number of benzene rings is 1. The zero-order valence-electron chi connectivity index (χ0n) is 15.2. The third-order valence-corrected chi connectivity index (χ3v) is 4.47. The number of amides is 2. The van der Waals surface area contributed by atoms with Crippen LogP contribution in [0.2, 0.25) is 5.02 Å². The van der Waals surface area contributed by atoms with Gasteiger partial charge in [0.05, 0.1) is 23.1 Å². The fourth-order valence-electron chi connectivity index (χ4n) is 2.82. The molecule has 0 spiro atoms. The van der Waals surface area contributed by atoms with Crippen molar-refractivity contribution >= 4 is 29.3 Å². The average Bonchev–Trinajstić information content (AvgIpc) is 2.61. The molecular formula is C17H20ClN3O6. The smallest absolute Gasteiger partial charge is 0.338 e. The molecule has 1 N–H and O–H groups in total. The molecule has 0 aromatic heterocycles. The number of esters is 1. The molecule has 1 aliphatic rings. The molecule has 1 heterocycles. The Morgan fingerprint density at radius 2 is 2.11 bits per heavy atom. The molecule has 10 heteroatoms. The number of hydrogen-bond donors (Lipinski definition) is 1. The van der Waals surface area contributed by atoms with Gasteiger partial charge in [-0.25, -0.2) is 9.59 Å². The highest BCUT2D eigenvalue weighted by Gasteiger charge is 2.36. The number of methoxy groups -OCH3 is 1. The van der Waals surface area contributed by atoms with Crippen molar-refractivity contribution in [3.8, 4) is 0 Å². The van der Waals surface area contributed by atoms with Crippen molar-refractivity contribution in [1.29, 1.82) is 0 Å². The van der Waals surface area contributed by atoms with Crippen molar-refractivity contribution in [1.82, 2.24) is 10.2 Å². The summed E-state index contributed by atoms with van der Waals surface area (Å²) in [5.74, 6) is -0.634. The van der Waals surface area contributed by atoms with E-state index in [1.165, 1.54) is 30.2 Å². The number of halogens is 1. The summed E-state index contributed by atoms with van der Waals surface area (Å²) in [5, 5.41) is 13.8. The first-order chi connectivity index (χ1) is 12.8. The number of ether oxygens (including phenoxy) is 2. The molecular weight excluding hydrogens is 378 g/mol. The van der Waals surface area contributed by atoms with E-state index in [9.17, 15) is 19.7 Å². The lowest BCUT2D eigenvalue weighted by molar-refractivity contribution is -0.384. The minimum Gasteiger partial charge on any atom is -0.460 e. The predicted molar refractivity (Wildman–Crippen MR) is 97.3 cm³/mol. The van der Waals surface area contributed by atoms with E-state index in [0.717, 1.165) is 0 Å². The predicted octanol–water partition coefficient (Wildman–Crippen LogP) is 2.80. The highest BCUT2D eigenvalue weighted by atomic mass is 35.5. The Morgan fingerprint density at radius 1 is 1.41 bits per heavy atom. The number of hydrogen-bond acceptors (Lipinski definition) is 6. The van der Waals surface area contributed by atoms with E-state index in [0.29, 0.717) is 17.8 Å². The highest BCUT2D eigenvalue weighted by molar-refractivity contribution is 6.32. The molecule has 1 aromatic carbocycles. The number of urea groups is 1. The van der Waals surface area contributed by atoms with Crippen LogP contribution in [0.1, 0.15) is 25.5 Å². The largest absolute Gasteiger partial charge is 0.460 e. The molecule has 0 aliphatic carbocycles. The fourth-order valence-corrected chi connectivity index (χ4v) is 3.01. The second kappa shape index (κ2) is 8.83. The Morgan fingerprint density at radius 3 is 2.70 bits per heavy atom. The number of carbonyl (C=O) groups excluding carboxylic acids is 2. The molecule has 0 bridgehead atoms. The van der Waals surface area contributed by atoms with Gasteiger partial charge in [0, 0.05) is 25.4 Å². The van der Waals surface area contributed by atoms with Crippen molar-refractivity contribution in [3.05, 3.63) is 50.2 Å². The summed E-state index contributed by atoms with van der Waals surface area (Å²) in [6, 6.07) is 2.82. The van der Waals surface area contributed by atoms with E-state index in [4.69, 9.17) is 21.1 Å². The second-order valence-corrected chi connectivity index (χ2v) is 6.13. The quantitative estimate of drug-likeness (QED) is 0.328. The number of nitro groups is 1. The Balaban J connectivity index is 2.50. The molecule has 1 atom stereocenters. The van der Waals surface area contributed by atoms with Crippen molar-refractivity contribution in [2.24, 2.45) is 0 Å². The SMILES string of the molecule is CCN1C(=O)NC(c2ccc(Cl)c([N+](=O)[O-])c2)C(C(=O)OCCOC)=C1C. The second-order valence-electron chi connectivity index (χ2n) is 5.72. The van der Waals surface area contributed by atoms with Crippen LogP contribution in [0.3, 0.4) is 0 Å². The summed E-state index contributed by atoms with van der Waals surface area (Å²) in [6.45, 7) is 4.01. The molecule has 2 amide bonds. The number of carbonyl (C=O) groups is 2. The molecule has 2 rings (SSSR count). The molecule has 1 aromatic rings. The minimum absolute atomic E-state index is 0.0361. The maximum absolute atomic E-state index is 12.6. The van der Waals surface area contributed by atoms with E-state index < -0.39 is 23.0 Å². The first-order valence-electron chi connectivity index (χ1n) is 8.20. The molecule has 0 saturated heterocycles. The summed E-state index contributed by atoms with van der Waals surface area (Å²) >= 11 is 5.86. The summed E-state index contributed by atoms with van der Waals surface area (Å²) < 4.78 is 10.1. The monoisotopic (exact) mass is 397 g/mol. The minimum atomic E-state index is -0.897. The van der Waals surface area contributed by atoms with Crippen LogP contribution in [0.5, 0.6) is 0 Å². The van der Waals surface area contributed by atoms with Crippen LogP contribution < -0.4 is 5.32 Å². The summed E-state index contributed by atoms with van der Waals surface area (Å²) in [5.41, 5.74) is 0.662. The van der Waals surface area contributed by atoms with E-state index in [1.54, 1.807) is 13.8 Å². The fraction of sp³-hybridized carbons (Fsp3) is 0.412. The van der Waals surface area contributed by atoms with Gasteiger partial charge < -0.3 is 14.8 Å². The zero-order valence-corrected chi connectivity index (χ0v) is 15.9. The van der Waals surface area contributed by atoms with Crippen LogP contribution in [0, 0.1) is 10.1 Å². The Hall–Kier alpha value is -2.65. The van der Waals surface area contributed by atoms with Crippen molar-refractivity contribution in [2.75, 3.05) is 26.9 Å². The van der Waals surface area contributed by atoms with Gasteiger partial charge in [0.2, 0.25) is 0 Å². The van der Waals surface area contributed by atoms with Crippen LogP contribution in [-0.2, 0) is 14.3 Å². The number of nitro benzene ring substituents is 1. The van der Waals surface area contributed by atoms with Crippen molar-refractivity contribution in [3.63, 3.8) is 0 Å². The van der Waals surface area contributed by atoms with Crippen LogP contribution in [0.15, 0.2) is 29.5 Å². The number of rotatable bonds is 7. The Kier molecular flexibility index (Phi) is 6.75. The van der Waals surface area contributed by atoms with E-state index in [1.807, 2.05) is 0 Å². The molecule has 0 fully saturated rings. The lowest BCUT2D eigenvalue weighted by atomic mass is 9.94. The summed E-state index contributed by atoms with van der Waals surface area (Å²) in [6.07, 6.45) is 0. The van der Waals surface area contributed by atoms with Gasteiger partial charge in [-0.05, 0) is 25.5 Å². The van der Waals surface area contributed by atoms with Gasteiger partial charge in [-0.1, -0.05) is 17.7 Å². The van der Waals surface area contributed by atoms with E-state index in [2.05, 4.69) is 5.32 Å². The third-order valence-electron chi connectivity index (χ3n) is 4.15. The van der Waals surface area contributed by atoms with Gasteiger partial charge in [-0.2, -0.15) is 0 Å². The number of allylic oxidation sites excluding steroid dienone is 1. The van der Waals surface area contributed by atoms with Gasteiger partial charge >= 0.3 is 12.0 Å². The lowest BCUT2D eigenvalue weighted by Crippen LogP contribution is -2.48. The van der Waals surface area contributed by atoms with Crippen LogP contribution in [-0.4, -0.2) is 48.7 Å². The molecule has 9 nitrogen and oxygen atoms in total. The molecule has 1 aliphatic heterocycles. The zero-order chi connectivity index (χ0) is 20.1. The molecule has 1 unspecified atom stereocenters.